The number of hydrogen-bond donors (Lipinski definition) is 0. The Bertz CT molecular complexity index is 412. The molecule has 66 valence electrons. The fourth-order valence-corrected chi connectivity index (χ4v) is 1.61. The van der Waals surface area contributed by atoms with Gasteiger partial charge in [0.2, 0.25) is 0 Å². The molecular weight excluding hydrogens is 180 g/mol. The Hall–Kier alpha value is -1.15. The van der Waals surface area contributed by atoms with Crippen LogP contribution in [0.1, 0.15) is 0 Å². The molecule has 0 aliphatic heterocycles. The molecule has 2 aromatic carbocycles. The molecule has 0 aliphatic carbocycles. The summed E-state index contributed by atoms with van der Waals surface area (Å²) in [6, 6.07) is 14.4. The number of benzene rings is 2. The van der Waals surface area contributed by atoms with Gasteiger partial charge in [0.05, 0.1) is 12.0 Å². The Morgan fingerprint density at radius 2 is 1.77 bits per heavy atom. The van der Waals surface area contributed by atoms with Gasteiger partial charge in [0.15, 0.2) is 0 Å². The molecule has 2 aromatic rings. The van der Waals surface area contributed by atoms with E-state index in [9.17, 15) is 0 Å². The fourth-order valence-electron chi connectivity index (χ4n) is 1.32. The first kappa shape index (κ1) is 8.45. The molecule has 0 saturated heterocycles. The second-order valence-corrected chi connectivity index (χ2v) is 3.26. The van der Waals surface area contributed by atoms with Crippen molar-refractivity contribution >= 4 is 22.8 Å². The predicted molar refractivity (Wildman–Crippen MR) is 58.1 cm³/mol. The van der Waals surface area contributed by atoms with Gasteiger partial charge in [-0.1, -0.05) is 30.3 Å². The third kappa shape index (κ3) is 1.78. The highest BCUT2D eigenvalue weighted by atomic mass is 32.2. The van der Waals surface area contributed by atoms with E-state index in [1.165, 1.54) is 22.8 Å². The molecule has 0 amide bonds. The van der Waals surface area contributed by atoms with E-state index in [0.717, 1.165) is 5.75 Å². The average Bonchev–Trinajstić information content (AvgIpc) is 2.18. The maximum absolute atomic E-state index is 5.33. The molecule has 0 aromatic heterocycles. The third-order valence-electron chi connectivity index (χ3n) is 1.90. The number of fused-ring (bicyclic) bond motifs is 1. The first-order chi connectivity index (χ1) is 6.40. The Labute approximate surface area is 81.9 Å². The lowest BCUT2D eigenvalue weighted by Gasteiger charge is -2.02. The maximum Gasteiger partial charge on any atom is 0.137 e. The zero-order valence-electron chi connectivity index (χ0n) is 7.36. The van der Waals surface area contributed by atoms with Crippen molar-refractivity contribution < 1.29 is 4.18 Å². The summed E-state index contributed by atoms with van der Waals surface area (Å²) in [6.45, 7) is 0. The van der Waals surface area contributed by atoms with Gasteiger partial charge >= 0.3 is 0 Å². The number of hydrogen-bond acceptors (Lipinski definition) is 2. The molecule has 0 bridgehead atoms. The van der Waals surface area contributed by atoms with Crippen molar-refractivity contribution in [3.05, 3.63) is 42.5 Å². The lowest BCUT2D eigenvalue weighted by atomic mass is 10.1. The molecule has 0 heterocycles. The molecule has 0 unspecified atom stereocenters. The zero-order chi connectivity index (χ0) is 9.10. The second-order valence-electron chi connectivity index (χ2n) is 2.76. The lowest BCUT2D eigenvalue weighted by Crippen LogP contribution is -1.79. The van der Waals surface area contributed by atoms with Crippen molar-refractivity contribution in [2.75, 3.05) is 6.26 Å². The van der Waals surface area contributed by atoms with Crippen LogP contribution < -0.4 is 4.18 Å². The van der Waals surface area contributed by atoms with Crippen molar-refractivity contribution in [1.29, 1.82) is 0 Å². The summed E-state index contributed by atoms with van der Waals surface area (Å²) in [7, 11) is 0. The van der Waals surface area contributed by atoms with Crippen LogP contribution in [0.5, 0.6) is 5.75 Å². The molecule has 0 spiro atoms. The summed E-state index contributed by atoms with van der Waals surface area (Å²) >= 11 is 1.36. The van der Waals surface area contributed by atoms with Gasteiger partial charge in [-0.25, -0.2) is 0 Å². The molecule has 0 N–H and O–H groups in total. The Morgan fingerprint density at radius 1 is 1.00 bits per heavy atom. The van der Waals surface area contributed by atoms with Crippen LogP contribution in [0.4, 0.5) is 0 Å². The van der Waals surface area contributed by atoms with E-state index < -0.39 is 0 Å². The topological polar surface area (TPSA) is 9.23 Å². The molecule has 0 radical (unpaired) electrons. The quantitative estimate of drug-likeness (QED) is 0.670. The van der Waals surface area contributed by atoms with Crippen molar-refractivity contribution in [2.24, 2.45) is 0 Å². The Kier molecular flexibility index (Phi) is 2.41. The molecule has 1 nitrogen and oxygen atoms in total. The largest absolute Gasteiger partial charge is 0.426 e. The van der Waals surface area contributed by atoms with Crippen molar-refractivity contribution in [3.8, 4) is 5.75 Å². The summed E-state index contributed by atoms with van der Waals surface area (Å²) in [5.74, 6) is 0.909. The summed E-state index contributed by atoms with van der Waals surface area (Å²) in [5.41, 5.74) is 0. The van der Waals surface area contributed by atoms with Crippen molar-refractivity contribution in [1.82, 2.24) is 0 Å². The highest BCUT2D eigenvalue weighted by molar-refractivity contribution is 7.94. The molecule has 0 aliphatic rings. The molecule has 0 atom stereocenters. The van der Waals surface area contributed by atoms with Crippen LogP contribution in [0.25, 0.3) is 10.8 Å². The smallest absolute Gasteiger partial charge is 0.137 e. The van der Waals surface area contributed by atoms with Gasteiger partial charge < -0.3 is 4.18 Å². The lowest BCUT2D eigenvalue weighted by molar-refractivity contribution is 0.651. The SMILES string of the molecule is CSOc1ccc2ccccc2c1. The summed E-state index contributed by atoms with van der Waals surface area (Å²) in [5, 5.41) is 2.46. The average molecular weight is 190 g/mol. The van der Waals surface area contributed by atoms with Crippen LogP contribution in [-0.2, 0) is 0 Å². The monoisotopic (exact) mass is 190 g/mol. The molecule has 0 fully saturated rings. The highest BCUT2D eigenvalue weighted by Crippen LogP contribution is 2.22. The van der Waals surface area contributed by atoms with E-state index in [-0.39, 0.29) is 0 Å². The molecule has 2 heteroatoms. The van der Waals surface area contributed by atoms with Crippen LogP contribution in [0.15, 0.2) is 42.5 Å². The first-order valence-electron chi connectivity index (χ1n) is 4.09. The van der Waals surface area contributed by atoms with E-state index in [1.54, 1.807) is 0 Å². The van der Waals surface area contributed by atoms with E-state index in [1.807, 2.05) is 30.5 Å². The second kappa shape index (κ2) is 3.71. The Morgan fingerprint density at radius 3 is 2.54 bits per heavy atom. The minimum Gasteiger partial charge on any atom is -0.426 e. The van der Waals surface area contributed by atoms with Gasteiger partial charge in [-0.05, 0) is 22.9 Å². The summed E-state index contributed by atoms with van der Waals surface area (Å²) < 4.78 is 5.33. The summed E-state index contributed by atoms with van der Waals surface area (Å²) in [6.07, 6.45) is 1.91. The zero-order valence-corrected chi connectivity index (χ0v) is 8.17. The van der Waals surface area contributed by atoms with Gasteiger partial charge in [-0.2, -0.15) is 0 Å². The van der Waals surface area contributed by atoms with E-state index in [0.29, 0.717) is 0 Å². The minimum atomic E-state index is 0.909. The van der Waals surface area contributed by atoms with Crippen molar-refractivity contribution in [3.63, 3.8) is 0 Å². The normalized spacial score (nSPS) is 10.2. The van der Waals surface area contributed by atoms with E-state index >= 15 is 0 Å². The van der Waals surface area contributed by atoms with Crippen LogP contribution in [0, 0.1) is 0 Å². The molecular formula is C11H10OS. The van der Waals surface area contributed by atoms with Gasteiger partial charge in [0.1, 0.15) is 5.75 Å². The predicted octanol–water partition coefficient (Wildman–Crippen LogP) is 3.50. The van der Waals surface area contributed by atoms with Crippen LogP contribution in [-0.4, -0.2) is 6.26 Å². The van der Waals surface area contributed by atoms with Crippen molar-refractivity contribution in [2.45, 2.75) is 0 Å². The van der Waals surface area contributed by atoms with Gasteiger partial charge in [0.25, 0.3) is 0 Å². The van der Waals surface area contributed by atoms with Crippen LogP contribution in [0.2, 0.25) is 0 Å². The van der Waals surface area contributed by atoms with Gasteiger partial charge in [-0.3, -0.25) is 0 Å². The summed E-state index contributed by atoms with van der Waals surface area (Å²) in [4.78, 5) is 0. The standard InChI is InChI=1S/C11H10OS/c1-13-12-11-7-6-9-4-2-3-5-10(9)8-11/h2-8H,1H3. The molecule has 0 saturated carbocycles. The minimum absolute atomic E-state index is 0.909. The van der Waals surface area contributed by atoms with Crippen LogP contribution in [0.3, 0.4) is 0 Å². The van der Waals surface area contributed by atoms with E-state index in [4.69, 9.17) is 4.18 Å². The number of rotatable bonds is 2. The van der Waals surface area contributed by atoms with Crippen LogP contribution >= 0.6 is 12.0 Å². The van der Waals surface area contributed by atoms with Gasteiger partial charge in [0, 0.05) is 6.26 Å². The van der Waals surface area contributed by atoms with E-state index in [2.05, 4.69) is 18.2 Å². The molecule has 13 heavy (non-hydrogen) atoms. The fraction of sp³-hybridized carbons (Fsp3) is 0.0909. The molecule has 2 rings (SSSR count). The maximum atomic E-state index is 5.33. The first-order valence-corrected chi connectivity index (χ1v) is 5.24. The van der Waals surface area contributed by atoms with Gasteiger partial charge in [-0.15, -0.1) is 0 Å². The Balaban J connectivity index is 2.49. The third-order valence-corrected chi connectivity index (χ3v) is 2.26. The highest BCUT2D eigenvalue weighted by Gasteiger charge is 1.95.